The van der Waals surface area contributed by atoms with E-state index in [1.54, 1.807) is 17.6 Å². The van der Waals surface area contributed by atoms with Gasteiger partial charge in [0.1, 0.15) is 5.58 Å². The molecule has 1 N–H and O–H groups in total. The fourth-order valence-corrected chi connectivity index (χ4v) is 4.90. The molecule has 27 heavy (non-hydrogen) atoms. The van der Waals surface area contributed by atoms with Gasteiger partial charge in [-0.3, -0.25) is 0 Å². The second-order valence-corrected chi connectivity index (χ2v) is 7.51. The van der Waals surface area contributed by atoms with Crippen molar-refractivity contribution in [3.63, 3.8) is 0 Å². The lowest BCUT2D eigenvalue weighted by atomic mass is 9.92. The van der Waals surface area contributed by atoms with Crippen molar-refractivity contribution in [2.45, 2.75) is 0 Å². The van der Waals surface area contributed by atoms with Crippen molar-refractivity contribution >= 4 is 43.9 Å². The minimum Gasteiger partial charge on any atom is -0.464 e. The summed E-state index contributed by atoms with van der Waals surface area (Å²) in [5, 5.41) is 10.7. The van der Waals surface area contributed by atoms with E-state index in [-0.39, 0.29) is 0 Å². The Kier molecular flexibility index (Phi) is 3.07. The second kappa shape index (κ2) is 5.60. The molecule has 0 saturated heterocycles. The van der Waals surface area contributed by atoms with E-state index in [9.17, 15) is 0 Å². The summed E-state index contributed by atoms with van der Waals surface area (Å²) in [4.78, 5) is 3.32. The van der Waals surface area contributed by atoms with Crippen LogP contribution in [0.3, 0.4) is 0 Å². The van der Waals surface area contributed by atoms with Crippen molar-refractivity contribution < 1.29 is 4.42 Å². The summed E-state index contributed by atoms with van der Waals surface area (Å²) in [6, 6.07) is 19.3. The molecular weight excluding hydrogens is 350 g/mol. The SMILES string of the molecule is c1cc(-c2ccc(-c3cccc4occc34)c3c[nH]cc23)c2cscc2c1. The Morgan fingerprint density at radius 1 is 0.630 bits per heavy atom. The molecule has 0 fully saturated rings. The van der Waals surface area contributed by atoms with Crippen LogP contribution in [0, 0.1) is 0 Å². The Labute approximate surface area is 159 Å². The van der Waals surface area contributed by atoms with Gasteiger partial charge >= 0.3 is 0 Å². The van der Waals surface area contributed by atoms with Crippen LogP contribution in [0.5, 0.6) is 0 Å². The zero-order valence-electron chi connectivity index (χ0n) is 14.4. The van der Waals surface area contributed by atoms with Crippen molar-refractivity contribution in [3.8, 4) is 22.3 Å². The number of rotatable bonds is 2. The van der Waals surface area contributed by atoms with Crippen molar-refractivity contribution in [3.05, 3.63) is 84.0 Å². The standard InChI is InChI=1S/C24H15NOS/c1-3-15-13-27-14-23(15)17(4-1)19-8-7-18(21-11-25-12-22(19)21)16-5-2-6-24-20(16)9-10-26-24/h1-14,25H. The minimum atomic E-state index is 0.920. The number of H-pyrrole nitrogens is 1. The third-order valence-corrected chi connectivity index (χ3v) is 6.10. The van der Waals surface area contributed by atoms with Crippen LogP contribution in [0.15, 0.2) is 88.4 Å². The fourth-order valence-electron chi connectivity index (χ4n) is 4.08. The van der Waals surface area contributed by atoms with Crippen molar-refractivity contribution in [2.75, 3.05) is 0 Å². The van der Waals surface area contributed by atoms with Gasteiger partial charge in [0.05, 0.1) is 6.26 Å². The molecule has 0 bridgehead atoms. The quantitative estimate of drug-likeness (QED) is 0.339. The molecule has 3 aromatic heterocycles. The Bertz CT molecular complexity index is 1320. The summed E-state index contributed by atoms with van der Waals surface area (Å²) in [5.74, 6) is 0. The van der Waals surface area contributed by atoms with Gasteiger partial charge in [0, 0.05) is 33.9 Å². The molecule has 0 atom stereocenters. The first-order valence-electron chi connectivity index (χ1n) is 8.91. The summed E-state index contributed by atoms with van der Waals surface area (Å²) >= 11 is 1.75. The molecule has 6 aromatic rings. The van der Waals surface area contributed by atoms with E-state index in [1.165, 1.54) is 43.8 Å². The molecule has 0 amide bonds. The molecule has 3 aromatic carbocycles. The highest BCUT2D eigenvalue weighted by Crippen LogP contribution is 2.40. The van der Waals surface area contributed by atoms with Gasteiger partial charge < -0.3 is 9.40 Å². The number of thiophene rings is 1. The second-order valence-electron chi connectivity index (χ2n) is 6.76. The molecular formula is C24H15NOS. The maximum atomic E-state index is 5.60. The van der Waals surface area contributed by atoms with E-state index in [2.05, 4.69) is 70.6 Å². The van der Waals surface area contributed by atoms with Crippen LogP contribution in [0.25, 0.3) is 54.8 Å². The molecule has 0 aliphatic rings. The lowest BCUT2D eigenvalue weighted by Gasteiger charge is -2.10. The highest BCUT2D eigenvalue weighted by Gasteiger charge is 2.14. The number of benzene rings is 3. The Hall–Kier alpha value is -3.30. The molecule has 3 heteroatoms. The lowest BCUT2D eigenvalue weighted by Crippen LogP contribution is -1.84. The maximum absolute atomic E-state index is 5.60. The van der Waals surface area contributed by atoms with Gasteiger partial charge in [-0.05, 0) is 50.5 Å². The van der Waals surface area contributed by atoms with Crippen LogP contribution in [-0.2, 0) is 0 Å². The fraction of sp³-hybridized carbons (Fsp3) is 0. The van der Waals surface area contributed by atoms with E-state index in [4.69, 9.17) is 4.42 Å². The number of aromatic amines is 1. The number of hydrogen-bond acceptors (Lipinski definition) is 2. The number of nitrogens with one attached hydrogen (secondary N) is 1. The summed E-state index contributed by atoms with van der Waals surface area (Å²) in [6.45, 7) is 0. The zero-order valence-corrected chi connectivity index (χ0v) is 15.2. The number of hydrogen-bond donors (Lipinski definition) is 1. The van der Waals surface area contributed by atoms with Crippen molar-refractivity contribution in [2.24, 2.45) is 0 Å². The Balaban J connectivity index is 1.66. The average Bonchev–Trinajstić information content (AvgIpc) is 3.46. The van der Waals surface area contributed by atoms with E-state index in [0.717, 1.165) is 11.0 Å². The van der Waals surface area contributed by atoms with Crippen LogP contribution in [0.1, 0.15) is 0 Å². The molecule has 6 rings (SSSR count). The number of aromatic nitrogens is 1. The topological polar surface area (TPSA) is 28.9 Å². The zero-order chi connectivity index (χ0) is 17.8. The predicted octanol–water partition coefficient (Wildman–Crippen LogP) is 7.46. The summed E-state index contributed by atoms with van der Waals surface area (Å²) < 4.78 is 5.60. The monoisotopic (exact) mass is 365 g/mol. The van der Waals surface area contributed by atoms with Crippen molar-refractivity contribution in [1.82, 2.24) is 4.98 Å². The van der Waals surface area contributed by atoms with E-state index in [0.29, 0.717) is 0 Å². The molecule has 3 heterocycles. The van der Waals surface area contributed by atoms with E-state index in [1.807, 2.05) is 12.1 Å². The van der Waals surface area contributed by atoms with Gasteiger partial charge in [0.15, 0.2) is 0 Å². The predicted molar refractivity (Wildman–Crippen MR) is 114 cm³/mol. The van der Waals surface area contributed by atoms with Gasteiger partial charge in [-0.1, -0.05) is 42.5 Å². The highest BCUT2D eigenvalue weighted by molar-refractivity contribution is 7.09. The largest absolute Gasteiger partial charge is 0.464 e. The first-order valence-corrected chi connectivity index (χ1v) is 9.86. The van der Waals surface area contributed by atoms with Crippen LogP contribution >= 0.6 is 11.3 Å². The number of furan rings is 1. The van der Waals surface area contributed by atoms with Crippen LogP contribution < -0.4 is 0 Å². The van der Waals surface area contributed by atoms with Gasteiger partial charge in [0.25, 0.3) is 0 Å². The normalized spacial score (nSPS) is 11.7. The molecule has 0 unspecified atom stereocenters. The minimum absolute atomic E-state index is 0.920. The lowest BCUT2D eigenvalue weighted by molar-refractivity contribution is 0.616. The Morgan fingerprint density at radius 3 is 2.15 bits per heavy atom. The molecule has 0 aliphatic carbocycles. The molecule has 0 radical (unpaired) electrons. The molecule has 0 saturated carbocycles. The van der Waals surface area contributed by atoms with Crippen LogP contribution in [0.2, 0.25) is 0 Å². The van der Waals surface area contributed by atoms with Gasteiger partial charge in [-0.2, -0.15) is 11.3 Å². The molecule has 0 aliphatic heterocycles. The van der Waals surface area contributed by atoms with E-state index >= 15 is 0 Å². The van der Waals surface area contributed by atoms with Gasteiger partial charge in [-0.25, -0.2) is 0 Å². The molecule has 128 valence electrons. The van der Waals surface area contributed by atoms with Crippen LogP contribution in [-0.4, -0.2) is 4.98 Å². The molecule has 2 nitrogen and oxygen atoms in total. The van der Waals surface area contributed by atoms with Crippen molar-refractivity contribution in [1.29, 1.82) is 0 Å². The third kappa shape index (κ3) is 2.12. The molecule has 0 spiro atoms. The maximum Gasteiger partial charge on any atom is 0.134 e. The summed E-state index contributed by atoms with van der Waals surface area (Å²) in [6.07, 6.45) is 5.96. The first kappa shape index (κ1) is 14.8. The summed E-state index contributed by atoms with van der Waals surface area (Å²) in [7, 11) is 0. The smallest absolute Gasteiger partial charge is 0.134 e. The third-order valence-electron chi connectivity index (χ3n) is 5.34. The Morgan fingerprint density at radius 2 is 1.33 bits per heavy atom. The van der Waals surface area contributed by atoms with Crippen LogP contribution in [0.4, 0.5) is 0 Å². The first-order chi connectivity index (χ1) is 13.4. The van der Waals surface area contributed by atoms with E-state index < -0.39 is 0 Å². The van der Waals surface area contributed by atoms with Gasteiger partial charge in [0.2, 0.25) is 0 Å². The average molecular weight is 365 g/mol. The number of fused-ring (bicyclic) bond motifs is 3. The van der Waals surface area contributed by atoms with Gasteiger partial charge in [-0.15, -0.1) is 0 Å². The summed E-state index contributed by atoms with van der Waals surface area (Å²) in [5.41, 5.74) is 5.89. The highest BCUT2D eigenvalue weighted by atomic mass is 32.1.